The molecule has 0 aliphatic heterocycles. The lowest BCUT2D eigenvalue weighted by molar-refractivity contribution is 0.442. The Labute approximate surface area is 64.6 Å². The van der Waals surface area contributed by atoms with Gasteiger partial charge in [0.1, 0.15) is 0 Å². The third-order valence-electron chi connectivity index (χ3n) is 1.61. The van der Waals surface area contributed by atoms with Crippen LogP contribution >= 0.6 is 0 Å². The van der Waals surface area contributed by atoms with Gasteiger partial charge in [-0.1, -0.05) is 32.1 Å². The standard InChI is InChI=1S/C10H18/c1-5-7-9-10(3,4)8-6-2/h5-6,8H,1,7,9H2,2-4H3. The Morgan fingerprint density at radius 2 is 2.00 bits per heavy atom. The summed E-state index contributed by atoms with van der Waals surface area (Å²) in [7, 11) is 0. The van der Waals surface area contributed by atoms with E-state index in [1.807, 2.05) is 6.08 Å². The molecule has 0 fully saturated rings. The highest BCUT2D eigenvalue weighted by Gasteiger charge is 2.10. The third kappa shape index (κ3) is 4.37. The van der Waals surface area contributed by atoms with Gasteiger partial charge in [0.2, 0.25) is 0 Å². The van der Waals surface area contributed by atoms with Gasteiger partial charge in [0.05, 0.1) is 0 Å². The lowest BCUT2D eigenvalue weighted by Crippen LogP contribution is -2.05. The van der Waals surface area contributed by atoms with Crippen LogP contribution in [0.4, 0.5) is 0 Å². The average molecular weight is 138 g/mol. The quantitative estimate of drug-likeness (QED) is 0.521. The summed E-state index contributed by atoms with van der Waals surface area (Å²) >= 11 is 0. The first-order valence-corrected chi connectivity index (χ1v) is 3.87. The molecule has 0 aliphatic carbocycles. The summed E-state index contributed by atoms with van der Waals surface area (Å²) in [5, 5.41) is 0. The average Bonchev–Trinajstić information content (AvgIpc) is 1.84. The SMILES string of the molecule is C=CCCC(C)(C)C=CC. The van der Waals surface area contributed by atoms with E-state index < -0.39 is 0 Å². The minimum atomic E-state index is 0.350. The van der Waals surface area contributed by atoms with Crippen molar-refractivity contribution in [2.24, 2.45) is 5.41 Å². The van der Waals surface area contributed by atoms with Gasteiger partial charge in [0.15, 0.2) is 0 Å². The van der Waals surface area contributed by atoms with E-state index in [0.717, 1.165) is 6.42 Å². The maximum atomic E-state index is 3.70. The van der Waals surface area contributed by atoms with Crippen molar-refractivity contribution in [1.82, 2.24) is 0 Å². The zero-order chi connectivity index (χ0) is 8.04. The second-order valence-corrected chi connectivity index (χ2v) is 3.32. The highest BCUT2D eigenvalue weighted by atomic mass is 14.2. The molecule has 0 atom stereocenters. The lowest BCUT2D eigenvalue weighted by Gasteiger charge is -2.18. The molecule has 0 amide bonds. The van der Waals surface area contributed by atoms with Crippen LogP contribution < -0.4 is 0 Å². The fourth-order valence-electron chi connectivity index (χ4n) is 1.01. The van der Waals surface area contributed by atoms with Gasteiger partial charge in [-0.3, -0.25) is 0 Å². The molecule has 0 heterocycles. The van der Waals surface area contributed by atoms with E-state index in [1.165, 1.54) is 6.42 Å². The van der Waals surface area contributed by atoms with E-state index in [4.69, 9.17) is 0 Å². The molecular weight excluding hydrogens is 120 g/mol. The molecule has 0 aromatic carbocycles. The fraction of sp³-hybridized carbons (Fsp3) is 0.600. The zero-order valence-electron chi connectivity index (χ0n) is 7.35. The van der Waals surface area contributed by atoms with E-state index in [1.54, 1.807) is 0 Å². The third-order valence-corrected chi connectivity index (χ3v) is 1.61. The second-order valence-electron chi connectivity index (χ2n) is 3.32. The highest BCUT2D eigenvalue weighted by molar-refractivity contribution is 4.93. The Bertz CT molecular complexity index is 118. The monoisotopic (exact) mass is 138 g/mol. The highest BCUT2D eigenvalue weighted by Crippen LogP contribution is 2.23. The Balaban J connectivity index is 3.73. The summed E-state index contributed by atoms with van der Waals surface area (Å²) in [5.74, 6) is 0. The summed E-state index contributed by atoms with van der Waals surface area (Å²) in [6.07, 6.45) is 8.64. The van der Waals surface area contributed by atoms with Gasteiger partial charge in [-0.25, -0.2) is 0 Å². The van der Waals surface area contributed by atoms with Crippen molar-refractivity contribution in [1.29, 1.82) is 0 Å². The van der Waals surface area contributed by atoms with Gasteiger partial charge >= 0.3 is 0 Å². The maximum absolute atomic E-state index is 3.70. The first-order chi connectivity index (χ1) is 4.62. The van der Waals surface area contributed by atoms with E-state index in [9.17, 15) is 0 Å². The van der Waals surface area contributed by atoms with Crippen LogP contribution in [0, 0.1) is 5.41 Å². The summed E-state index contributed by atoms with van der Waals surface area (Å²) in [5.41, 5.74) is 0.350. The zero-order valence-corrected chi connectivity index (χ0v) is 7.35. The molecule has 0 unspecified atom stereocenters. The summed E-state index contributed by atoms with van der Waals surface area (Å²) in [6.45, 7) is 10.3. The molecule has 0 saturated heterocycles. The Morgan fingerprint density at radius 1 is 1.40 bits per heavy atom. The molecule has 10 heavy (non-hydrogen) atoms. The van der Waals surface area contributed by atoms with Gasteiger partial charge < -0.3 is 0 Å². The molecule has 0 heteroatoms. The van der Waals surface area contributed by atoms with Crippen molar-refractivity contribution < 1.29 is 0 Å². The fourth-order valence-corrected chi connectivity index (χ4v) is 1.01. The van der Waals surface area contributed by atoms with Crippen LogP contribution in [0.15, 0.2) is 24.8 Å². The predicted molar refractivity (Wildman–Crippen MR) is 48.0 cm³/mol. The molecule has 0 aliphatic rings. The summed E-state index contributed by atoms with van der Waals surface area (Å²) in [4.78, 5) is 0. The van der Waals surface area contributed by atoms with Crippen LogP contribution in [0.3, 0.4) is 0 Å². The van der Waals surface area contributed by atoms with E-state index in [0.29, 0.717) is 5.41 Å². The number of hydrogen-bond acceptors (Lipinski definition) is 0. The molecule has 0 nitrogen and oxygen atoms in total. The van der Waals surface area contributed by atoms with Gasteiger partial charge in [0.25, 0.3) is 0 Å². The lowest BCUT2D eigenvalue weighted by atomic mass is 9.87. The van der Waals surface area contributed by atoms with Gasteiger partial charge in [-0.05, 0) is 25.2 Å². The van der Waals surface area contributed by atoms with Crippen LogP contribution in [0.2, 0.25) is 0 Å². The first kappa shape index (κ1) is 9.48. The molecule has 0 spiro atoms. The van der Waals surface area contributed by atoms with Crippen molar-refractivity contribution in [3.63, 3.8) is 0 Å². The van der Waals surface area contributed by atoms with Crippen molar-refractivity contribution in [3.05, 3.63) is 24.8 Å². The van der Waals surface area contributed by atoms with Crippen molar-refractivity contribution in [2.75, 3.05) is 0 Å². The second kappa shape index (κ2) is 4.32. The number of allylic oxidation sites excluding steroid dienone is 3. The largest absolute Gasteiger partial charge is 0.103 e. The molecule has 0 rings (SSSR count). The van der Waals surface area contributed by atoms with Crippen LogP contribution in [0.5, 0.6) is 0 Å². The van der Waals surface area contributed by atoms with Gasteiger partial charge in [-0.15, -0.1) is 6.58 Å². The van der Waals surface area contributed by atoms with Crippen molar-refractivity contribution in [2.45, 2.75) is 33.6 Å². The normalized spacial score (nSPS) is 12.3. The van der Waals surface area contributed by atoms with Crippen LogP contribution in [-0.4, -0.2) is 0 Å². The van der Waals surface area contributed by atoms with Crippen molar-refractivity contribution >= 4 is 0 Å². The van der Waals surface area contributed by atoms with Gasteiger partial charge in [-0.2, -0.15) is 0 Å². The van der Waals surface area contributed by atoms with E-state index in [-0.39, 0.29) is 0 Å². The molecular formula is C10H18. The Kier molecular flexibility index (Phi) is 4.10. The molecule has 58 valence electrons. The van der Waals surface area contributed by atoms with Crippen molar-refractivity contribution in [3.8, 4) is 0 Å². The van der Waals surface area contributed by atoms with E-state index >= 15 is 0 Å². The molecule has 0 aromatic heterocycles. The Hall–Kier alpha value is -0.520. The van der Waals surface area contributed by atoms with Crippen LogP contribution in [-0.2, 0) is 0 Å². The predicted octanol–water partition coefficient (Wildman–Crippen LogP) is 3.55. The number of hydrogen-bond donors (Lipinski definition) is 0. The topological polar surface area (TPSA) is 0 Å². The summed E-state index contributed by atoms with van der Waals surface area (Å²) in [6, 6.07) is 0. The van der Waals surface area contributed by atoms with Crippen LogP contribution in [0.1, 0.15) is 33.6 Å². The summed E-state index contributed by atoms with van der Waals surface area (Å²) < 4.78 is 0. The van der Waals surface area contributed by atoms with Gasteiger partial charge in [0, 0.05) is 0 Å². The molecule has 0 saturated carbocycles. The minimum absolute atomic E-state index is 0.350. The number of rotatable bonds is 4. The van der Waals surface area contributed by atoms with Crippen LogP contribution in [0.25, 0.3) is 0 Å². The molecule has 0 aromatic rings. The Morgan fingerprint density at radius 3 is 2.40 bits per heavy atom. The smallest absolute Gasteiger partial charge is 0.0172 e. The van der Waals surface area contributed by atoms with E-state index in [2.05, 4.69) is 39.5 Å². The molecule has 0 bridgehead atoms. The molecule has 0 radical (unpaired) electrons. The first-order valence-electron chi connectivity index (χ1n) is 3.87. The molecule has 0 N–H and O–H groups in total. The maximum Gasteiger partial charge on any atom is -0.0172 e. The minimum Gasteiger partial charge on any atom is -0.103 e.